The van der Waals surface area contributed by atoms with E-state index in [0.29, 0.717) is 30.9 Å². The third-order valence-corrected chi connectivity index (χ3v) is 5.04. The van der Waals surface area contributed by atoms with Crippen LogP contribution in [0, 0.1) is 6.92 Å². The second-order valence-electron chi connectivity index (χ2n) is 6.98. The first-order valence-electron chi connectivity index (χ1n) is 9.46. The summed E-state index contributed by atoms with van der Waals surface area (Å²) in [6.45, 7) is 2.80. The van der Waals surface area contributed by atoms with Crippen molar-refractivity contribution in [3.63, 3.8) is 0 Å². The van der Waals surface area contributed by atoms with Gasteiger partial charge in [0.1, 0.15) is 11.5 Å². The number of benzene rings is 2. The average molecular weight is 395 g/mol. The van der Waals surface area contributed by atoms with Crippen molar-refractivity contribution >= 4 is 17.4 Å². The molecule has 6 heteroatoms. The lowest BCUT2D eigenvalue weighted by molar-refractivity contribution is -0.140. The molecule has 3 rings (SSSR count). The zero-order valence-electron chi connectivity index (χ0n) is 16.8. The quantitative estimate of drug-likeness (QED) is 0.336. The highest BCUT2D eigenvalue weighted by atomic mass is 16.5. The minimum atomic E-state index is -0.679. The van der Waals surface area contributed by atoms with Crippen LogP contribution in [0.25, 0.3) is 5.76 Å². The fourth-order valence-corrected chi connectivity index (χ4v) is 3.49. The number of methoxy groups -OCH3 is 2. The third kappa shape index (κ3) is 4.17. The van der Waals surface area contributed by atoms with Gasteiger partial charge in [-0.05, 0) is 43.2 Å². The molecule has 0 aromatic heterocycles. The van der Waals surface area contributed by atoms with Crippen molar-refractivity contribution in [1.29, 1.82) is 0 Å². The minimum absolute atomic E-state index is 0.0986. The number of aliphatic hydroxyl groups is 1. The summed E-state index contributed by atoms with van der Waals surface area (Å²) in [7, 11) is 3.15. The van der Waals surface area contributed by atoms with Crippen molar-refractivity contribution in [2.24, 2.45) is 0 Å². The molecule has 1 N–H and O–H groups in total. The van der Waals surface area contributed by atoms with E-state index in [2.05, 4.69) is 0 Å². The molecule has 0 spiro atoms. The van der Waals surface area contributed by atoms with Crippen LogP contribution in [0.1, 0.15) is 29.2 Å². The summed E-state index contributed by atoms with van der Waals surface area (Å²) in [5, 5.41) is 11.0. The number of Topliss-reactive ketones (excluding diaryl/α,β-unsaturated/α-hetero) is 1. The fraction of sp³-hybridized carbons (Fsp3) is 0.304. The lowest BCUT2D eigenvalue weighted by Crippen LogP contribution is -2.31. The Morgan fingerprint density at radius 2 is 1.69 bits per heavy atom. The topological polar surface area (TPSA) is 76.1 Å². The molecule has 1 aliphatic heterocycles. The van der Waals surface area contributed by atoms with Gasteiger partial charge in [0, 0.05) is 25.8 Å². The highest BCUT2D eigenvalue weighted by Crippen LogP contribution is 2.39. The van der Waals surface area contributed by atoms with Gasteiger partial charge >= 0.3 is 0 Å². The van der Waals surface area contributed by atoms with Gasteiger partial charge in [0.25, 0.3) is 11.7 Å². The van der Waals surface area contributed by atoms with Crippen LogP contribution in [0.4, 0.5) is 0 Å². The number of carbonyl (C=O) groups excluding carboxylic acids is 2. The number of ether oxygens (including phenoxy) is 2. The van der Waals surface area contributed by atoms with Gasteiger partial charge in [-0.15, -0.1) is 0 Å². The highest BCUT2D eigenvalue weighted by molar-refractivity contribution is 6.46. The monoisotopic (exact) mass is 395 g/mol. The third-order valence-electron chi connectivity index (χ3n) is 5.04. The van der Waals surface area contributed by atoms with Crippen LogP contribution in [0.15, 0.2) is 54.1 Å². The van der Waals surface area contributed by atoms with Crippen LogP contribution in [0.3, 0.4) is 0 Å². The van der Waals surface area contributed by atoms with Crippen LogP contribution >= 0.6 is 0 Å². The molecule has 1 atom stereocenters. The Balaban J connectivity index is 2.09. The van der Waals surface area contributed by atoms with E-state index in [0.717, 1.165) is 11.1 Å². The lowest BCUT2D eigenvalue weighted by atomic mass is 9.94. The first kappa shape index (κ1) is 20.6. The van der Waals surface area contributed by atoms with Gasteiger partial charge in [0.05, 0.1) is 18.7 Å². The molecule has 2 aromatic rings. The van der Waals surface area contributed by atoms with Crippen molar-refractivity contribution < 1.29 is 24.2 Å². The Morgan fingerprint density at radius 3 is 2.28 bits per heavy atom. The van der Waals surface area contributed by atoms with Gasteiger partial charge in [-0.3, -0.25) is 9.59 Å². The van der Waals surface area contributed by atoms with Crippen LogP contribution in [-0.4, -0.2) is 49.1 Å². The molecule has 1 aliphatic rings. The lowest BCUT2D eigenvalue weighted by Gasteiger charge is -2.25. The van der Waals surface area contributed by atoms with E-state index < -0.39 is 17.7 Å². The van der Waals surface area contributed by atoms with Gasteiger partial charge in [-0.2, -0.15) is 0 Å². The molecule has 1 heterocycles. The van der Waals surface area contributed by atoms with Crippen molar-refractivity contribution in [3.05, 3.63) is 70.8 Å². The van der Waals surface area contributed by atoms with Crippen LogP contribution in [-0.2, 0) is 14.3 Å². The summed E-state index contributed by atoms with van der Waals surface area (Å²) in [5.41, 5.74) is 2.40. The zero-order valence-corrected chi connectivity index (χ0v) is 16.8. The summed E-state index contributed by atoms with van der Waals surface area (Å²) in [6, 6.07) is 13.7. The maximum absolute atomic E-state index is 12.9. The summed E-state index contributed by atoms with van der Waals surface area (Å²) in [4.78, 5) is 27.2. The molecule has 1 saturated heterocycles. The largest absolute Gasteiger partial charge is 0.507 e. The molecule has 152 valence electrons. The number of aliphatic hydroxyl groups excluding tert-OH is 1. The Kier molecular flexibility index (Phi) is 6.34. The maximum Gasteiger partial charge on any atom is 0.295 e. The number of ketones is 1. The predicted octanol–water partition coefficient (Wildman–Crippen LogP) is 3.46. The van der Waals surface area contributed by atoms with Crippen LogP contribution in [0.5, 0.6) is 5.75 Å². The Morgan fingerprint density at radius 1 is 1.03 bits per heavy atom. The summed E-state index contributed by atoms with van der Waals surface area (Å²) < 4.78 is 10.2. The number of likely N-dealkylation sites (tertiary alicyclic amines) is 1. The number of hydrogen-bond acceptors (Lipinski definition) is 5. The molecule has 0 unspecified atom stereocenters. The van der Waals surface area contributed by atoms with Crippen molar-refractivity contribution in [2.75, 3.05) is 27.4 Å². The SMILES string of the molecule is COCCCN1C(=O)C(=O)C(=C(O)c2ccc(OC)cc2)[C@@H]1c1ccc(C)cc1. The predicted molar refractivity (Wildman–Crippen MR) is 110 cm³/mol. The molecule has 0 radical (unpaired) electrons. The first-order valence-corrected chi connectivity index (χ1v) is 9.46. The van der Waals surface area contributed by atoms with E-state index in [9.17, 15) is 14.7 Å². The standard InChI is InChI=1S/C23H25NO5/c1-15-5-7-16(8-6-15)20-19(21(25)17-9-11-18(29-3)12-10-17)22(26)23(27)24(20)13-4-14-28-2/h5-12,20,25H,4,13-14H2,1-3H3/t20-/m0/s1. The molecular formula is C23H25NO5. The van der Waals surface area contributed by atoms with Crippen LogP contribution in [0.2, 0.25) is 0 Å². The molecule has 0 bridgehead atoms. The molecule has 0 saturated carbocycles. The normalized spacial score (nSPS) is 18.3. The first-order chi connectivity index (χ1) is 14.0. The minimum Gasteiger partial charge on any atom is -0.507 e. The van der Waals surface area contributed by atoms with E-state index in [-0.39, 0.29) is 11.3 Å². The smallest absolute Gasteiger partial charge is 0.295 e. The summed E-state index contributed by atoms with van der Waals surface area (Å²) in [6.07, 6.45) is 0.592. The molecule has 6 nitrogen and oxygen atoms in total. The van der Waals surface area contributed by atoms with E-state index in [1.165, 1.54) is 4.90 Å². The van der Waals surface area contributed by atoms with Gasteiger partial charge in [0.2, 0.25) is 0 Å². The number of hydrogen-bond donors (Lipinski definition) is 1. The summed E-state index contributed by atoms with van der Waals surface area (Å²) in [5.74, 6) is -0.842. The van der Waals surface area contributed by atoms with Crippen molar-refractivity contribution in [2.45, 2.75) is 19.4 Å². The molecule has 1 amide bonds. The van der Waals surface area contributed by atoms with Crippen molar-refractivity contribution in [3.8, 4) is 5.75 Å². The van der Waals surface area contributed by atoms with E-state index >= 15 is 0 Å². The number of amides is 1. The molecular weight excluding hydrogens is 370 g/mol. The number of aryl methyl sites for hydroxylation is 1. The maximum atomic E-state index is 12.9. The molecule has 0 aliphatic carbocycles. The number of carbonyl (C=O) groups is 2. The zero-order chi connectivity index (χ0) is 21.0. The molecule has 1 fully saturated rings. The van der Waals surface area contributed by atoms with Crippen molar-refractivity contribution in [1.82, 2.24) is 4.90 Å². The van der Waals surface area contributed by atoms with E-state index in [4.69, 9.17) is 9.47 Å². The van der Waals surface area contributed by atoms with Gasteiger partial charge < -0.3 is 19.5 Å². The van der Waals surface area contributed by atoms with E-state index in [1.807, 2.05) is 31.2 Å². The Hall–Kier alpha value is -3.12. The number of rotatable bonds is 7. The molecule has 29 heavy (non-hydrogen) atoms. The summed E-state index contributed by atoms with van der Waals surface area (Å²) >= 11 is 0. The van der Waals surface area contributed by atoms with Gasteiger partial charge in [0.15, 0.2) is 0 Å². The number of nitrogens with zero attached hydrogens (tertiary/aromatic N) is 1. The van der Waals surface area contributed by atoms with Gasteiger partial charge in [-0.25, -0.2) is 0 Å². The Labute approximate surface area is 170 Å². The second kappa shape index (κ2) is 8.92. The average Bonchev–Trinajstić information content (AvgIpc) is 2.99. The van der Waals surface area contributed by atoms with E-state index in [1.54, 1.807) is 38.5 Å². The van der Waals surface area contributed by atoms with Gasteiger partial charge in [-0.1, -0.05) is 29.8 Å². The Bertz CT molecular complexity index is 915. The fourth-order valence-electron chi connectivity index (χ4n) is 3.49. The highest BCUT2D eigenvalue weighted by Gasteiger charge is 2.45. The molecule has 2 aromatic carbocycles. The van der Waals surface area contributed by atoms with Crippen LogP contribution < -0.4 is 4.74 Å². The second-order valence-corrected chi connectivity index (χ2v) is 6.98.